The Morgan fingerprint density at radius 3 is 2.87 bits per heavy atom. The molecule has 6 nitrogen and oxygen atoms in total. The summed E-state index contributed by atoms with van der Waals surface area (Å²) < 4.78 is 1.87. The van der Waals surface area contributed by atoms with Gasteiger partial charge >= 0.3 is 0 Å². The number of carbonyl (C=O) groups is 1. The van der Waals surface area contributed by atoms with E-state index in [0.717, 1.165) is 54.0 Å². The van der Waals surface area contributed by atoms with Crippen molar-refractivity contribution in [2.45, 2.75) is 50.5 Å². The van der Waals surface area contributed by atoms with Crippen LogP contribution in [0.2, 0.25) is 5.02 Å². The van der Waals surface area contributed by atoms with E-state index in [0.29, 0.717) is 22.6 Å². The van der Waals surface area contributed by atoms with Crippen LogP contribution >= 0.6 is 11.6 Å². The Kier molecular flexibility index (Phi) is 3.84. The molecular weight excluding hydrogens is 398 g/mol. The van der Waals surface area contributed by atoms with Crippen molar-refractivity contribution in [2.24, 2.45) is 5.92 Å². The van der Waals surface area contributed by atoms with Gasteiger partial charge in [0.15, 0.2) is 11.5 Å². The van der Waals surface area contributed by atoms with Crippen LogP contribution in [-0.2, 0) is 12.0 Å². The van der Waals surface area contributed by atoms with Gasteiger partial charge in [0.2, 0.25) is 0 Å². The summed E-state index contributed by atoms with van der Waals surface area (Å²) in [7, 11) is 0. The van der Waals surface area contributed by atoms with E-state index in [1.807, 2.05) is 35.9 Å². The van der Waals surface area contributed by atoms with Crippen LogP contribution in [0.25, 0.3) is 5.82 Å². The number of nitrogens with zero attached hydrogens (tertiary/aromatic N) is 4. The molecule has 0 aromatic carbocycles. The molecule has 0 spiro atoms. The first-order valence-corrected chi connectivity index (χ1v) is 10.9. The van der Waals surface area contributed by atoms with Crippen LogP contribution in [0.5, 0.6) is 0 Å². The summed E-state index contributed by atoms with van der Waals surface area (Å²) in [6.45, 7) is 1.96. The smallest absolute Gasteiger partial charge is 0.272 e. The van der Waals surface area contributed by atoms with Crippen molar-refractivity contribution >= 4 is 17.5 Å². The maximum Gasteiger partial charge on any atom is 0.272 e. The fourth-order valence-electron chi connectivity index (χ4n) is 5.01. The summed E-state index contributed by atoms with van der Waals surface area (Å²) in [6, 6.07) is 7.81. The molecule has 0 aliphatic heterocycles. The lowest BCUT2D eigenvalue weighted by Crippen LogP contribution is -2.51. The average Bonchev–Trinajstić information content (AvgIpc) is 3.22. The highest BCUT2D eigenvalue weighted by Crippen LogP contribution is 2.57. The van der Waals surface area contributed by atoms with Gasteiger partial charge in [-0.3, -0.25) is 9.78 Å². The lowest BCUT2D eigenvalue weighted by molar-refractivity contribution is 0.0810. The van der Waals surface area contributed by atoms with Crippen LogP contribution in [0.4, 0.5) is 0 Å². The maximum atomic E-state index is 13.4. The summed E-state index contributed by atoms with van der Waals surface area (Å²) >= 11 is 6.17. The number of hydrogen-bond donors (Lipinski definition) is 1. The summed E-state index contributed by atoms with van der Waals surface area (Å²) in [5.41, 5.74) is 4.27. The predicted molar refractivity (Wildman–Crippen MR) is 113 cm³/mol. The Balaban J connectivity index is 1.38. The van der Waals surface area contributed by atoms with E-state index in [-0.39, 0.29) is 11.4 Å². The van der Waals surface area contributed by atoms with Crippen LogP contribution in [0.1, 0.15) is 64.6 Å². The molecule has 0 bridgehead atoms. The molecule has 2 saturated carbocycles. The lowest BCUT2D eigenvalue weighted by Gasteiger charge is -2.41. The zero-order valence-electron chi connectivity index (χ0n) is 16.7. The van der Waals surface area contributed by atoms with Crippen molar-refractivity contribution in [3.63, 3.8) is 0 Å². The average molecular weight is 420 g/mol. The van der Waals surface area contributed by atoms with Gasteiger partial charge < -0.3 is 5.32 Å². The minimum Gasteiger partial charge on any atom is -0.340 e. The topological polar surface area (TPSA) is 72.7 Å². The SMILES string of the molecule is Cc1cc(-n2nc(C(=O)NC3(c4ccccn4)CCC3)c3c2[C@@H]2C[C@@H]2C3)ncc1Cl. The predicted octanol–water partition coefficient (Wildman–Crippen LogP) is 4.09. The number of aryl methyl sites for hydroxylation is 1. The fourth-order valence-corrected chi connectivity index (χ4v) is 5.11. The standard InChI is InChI=1S/C23H22ClN5O/c1-13-9-19(26-12-17(13)24)29-21-15-10-14(15)11-16(21)20(28-29)22(30)27-23(6-4-7-23)18-5-2-3-8-25-18/h2-3,5,8-9,12,14-15H,4,6-7,10-11H2,1H3,(H,27,30)/t14-,15-/m1/s1. The van der Waals surface area contributed by atoms with Crippen LogP contribution in [0.15, 0.2) is 36.7 Å². The normalized spacial score (nSPS) is 22.7. The fraction of sp³-hybridized carbons (Fsp3) is 0.391. The molecule has 0 saturated heterocycles. The van der Waals surface area contributed by atoms with Gasteiger partial charge in [-0.25, -0.2) is 9.67 Å². The van der Waals surface area contributed by atoms with E-state index < -0.39 is 0 Å². The largest absolute Gasteiger partial charge is 0.340 e. The molecule has 152 valence electrons. The first-order valence-electron chi connectivity index (χ1n) is 10.5. The number of amides is 1. The minimum absolute atomic E-state index is 0.109. The molecule has 3 heterocycles. The Morgan fingerprint density at radius 1 is 1.30 bits per heavy atom. The highest BCUT2D eigenvalue weighted by molar-refractivity contribution is 6.31. The van der Waals surface area contributed by atoms with Crippen LogP contribution in [-0.4, -0.2) is 25.7 Å². The van der Waals surface area contributed by atoms with Crippen LogP contribution in [0.3, 0.4) is 0 Å². The summed E-state index contributed by atoms with van der Waals surface area (Å²) in [6.07, 6.45) is 8.43. The molecule has 3 aromatic heterocycles. The Morgan fingerprint density at radius 2 is 2.17 bits per heavy atom. The van der Waals surface area contributed by atoms with Crippen molar-refractivity contribution in [1.82, 2.24) is 25.1 Å². The second kappa shape index (κ2) is 6.38. The van der Waals surface area contributed by atoms with Crippen molar-refractivity contribution in [1.29, 1.82) is 0 Å². The van der Waals surface area contributed by atoms with Gasteiger partial charge in [0.05, 0.1) is 21.9 Å². The zero-order chi connectivity index (χ0) is 20.5. The second-order valence-corrected chi connectivity index (χ2v) is 9.23. The number of halogens is 1. The van der Waals surface area contributed by atoms with E-state index in [4.69, 9.17) is 16.7 Å². The van der Waals surface area contributed by atoms with E-state index in [2.05, 4.69) is 15.3 Å². The summed E-state index contributed by atoms with van der Waals surface area (Å²) in [5.74, 6) is 1.74. The van der Waals surface area contributed by atoms with Gasteiger partial charge in [-0.2, -0.15) is 5.10 Å². The molecule has 30 heavy (non-hydrogen) atoms. The monoisotopic (exact) mass is 419 g/mol. The zero-order valence-corrected chi connectivity index (χ0v) is 17.5. The molecule has 7 heteroatoms. The third-order valence-electron chi connectivity index (χ3n) is 6.94. The maximum absolute atomic E-state index is 13.4. The number of nitrogens with one attached hydrogen (secondary N) is 1. The number of pyridine rings is 2. The van der Waals surface area contributed by atoms with Crippen molar-refractivity contribution < 1.29 is 4.79 Å². The molecule has 3 aliphatic carbocycles. The molecule has 0 radical (unpaired) electrons. The third kappa shape index (κ3) is 2.63. The van der Waals surface area contributed by atoms with Gasteiger partial charge in [-0.1, -0.05) is 17.7 Å². The molecule has 1 N–H and O–H groups in total. The molecule has 2 atom stereocenters. The van der Waals surface area contributed by atoms with Gasteiger partial charge in [0, 0.05) is 23.9 Å². The number of carbonyl (C=O) groups excluding carboxylic acids is 1. The van der Waals surface area contributed by atoms with Crippen molar-refractivity contribution in [2.75, 3.05) is 0 Å². The molecule has 1 amide bonds. The highest BCUT2D eigenvalue weighted by Gasteiger charge is 2.51. The van der Waals surface area contributed by atoms with E-state index >= 15 is 0 Å². The quantitative estimate of drug-likeness (QED) is 0.691. The minimum atomic E-state index is -0.383. The second-order valence-electron chi connectivity index (χ2n) is 8.83. The first-order chi connectivity index (χ1) is 14.6. The molecule has 3 aromatic rings. The Hall–Kier alpha value is -2.73. The van der Waals surface area contributed by atoms with E-state index in [9.17, 15) is 4.79 Å². The van der Waals surface area contributed by atoms with Gasteiger partial charge in [0.1, 0.15) is 0 Å². The lowest BCUT2D eigenvalue weighted by atomic mass is 9.74. The van der Waals surface area contributed by atoms with Crippen LogP contribution < -0.4 is 5.32 Å². The van der Waals surface area contributed by atoms with Crippen molar-refractivity contribution in [3.8, 4) is 5.82 Å². The number of aromatic nitrogens is 4. The van der Waals surface area contributed by atoms with E-state index in [1.54, 1.807) is 12.4 Å². The van der Waals surface area contributed by atoms with Gasteiger partial charge in [-0.05, 0) is 68.7 Å². The Labute approximate surface area is 179 Å². The van der Waals surface area contributed by atoms with Crippen molar-refractivity contribution in [3.05, 3.63) is 69.9 Å². The molecule has 2 fully saturated rings. The Bertz CT molecular complexity index is 1170. The summed E-state index contributed by atoms with van der Waals surface area (Å²) in [4.78, 5) is 22.4. The molecule has 6 rings (SSSR count). The molecular formula is C23H22ClN5O. The first kappa shape index (κ1) is 18.1. The third-order valence-corrected chi connectivity index (χ3v) is 7.34. The molecule has 0 unspecified atom stereocenters. The number of hydrogen-bond acceptors (Lipinski definition) is 4. The molecule has 3 aliphatic rings. The summed E-state index contributed by atoms with van der Waals surface area (Å²) in [5, 5.41) is 8.68. The van der Waals surface area contributed by atoms with Gasteiger partial charge in [-0.15, -0.1) is 0 Å². The highest BCUT2D eigenvalue weighted by atomic mass is 35.5. The van der Waals surface area contributed by atoms with E-state index in [1.165, 1.54) is 6.42 Å². The van der Waals surface area contributed by atoms with Gasteiger partial charge in [0.25, 0.3) is 5.91 Å². The van der Waals surface area contributed by atoms with Crippen LogP contribution in [0, 0.1) is 12.8 Å². The number of fused-ring (bicyclic) bond motifs is 3. The number of rotatable bonds is 4.